The first-order valence-corrected chi connectivity index (χ1v) is 2.99. The molecule has 0 amide bonds. The van der Waals surface area contributed by atoms with Crippen molar-refractivity contribution in [1.82, 2.24) is 0 Å². The fourth-order valence-corrected chi connectivity index (χ4v) is 0.646. The van der Waals surface area contributed by atoms with Crippen molar-refractivity contribution < 1.29 is 5.11 Å². The maximum Gasteiger partial charge on any atom is 0.222 e. The second-order valence-corrected chi connectivity index (χ2v) is 2.14. The van der Waals surface area contributed by atoms with Crippen molar-refractivity contribution in [3.63, 3.8) is 0 Å². The average Bonchev–Trinajstić information content (AvgIpc) is 2.05. The Hall–Kier alpha value is -1.71. The Balaban J connectivity index is 3.54. The Morgan fingerprint density at radius 1 is 1.18 bits per heavy atom. The maximum absolute atomic E-state index is 10.8. The SMILES string of the molecule is Nc1ccc(O)c(=O)cc1N. The van der Waals surface area contributed by atoms with Gasteiger partial charge >= 0.3 is 0 Å². The zero-order valence-electron chi connectivity index (χ0n) is 5.74. The highest BCUT2D eigenvalue weighted by Crippen LogP contribution is 2.11. The molecule has 0 spiro atoms. The molecular formula is C7H8N2O2. The molecule has 0 aromatic heterocycles. The molecule has 0 saturated carbocycles. The Kier molecular flexibility index (Phi) is 1.68. The molecule has 0 heterocycles. The van der Waals surface area contributed by atoms with Crippen molar-refractivity contribution in [3.8, 4) is 5.75 Å². The third-order valence-electron chi connectivity index (χ3n) is 1.29. The van der Waals surface area contributed by atoms with E-state index in [4.69, 9.17) is 16.6 Å². The van der Waals surface area contributed by atoms with E-state index in [1.54, 1.807) is 0 Å². The monoisotopic (exact) mass is 152 g/mol. The minimum Gasteiger partial charge on any atom is -0.504 e. The topological polar surface area (TPSA) is 89.3 Å². The van der Waals surface area contributed by atoms with Crippen LogP contribution in [0.25, 0.3) is 0 Å². The number of aromatic hydroxyl groups is 1. The standard InChI is InChI=1S/C7H8N2O2/c8-4-1-2-6(10)7(11)3-5(4)9/h1-3H,8-9H2,(H,10,11). The summed E-state index contributed by atoms with van der Waals surface area (Å²) in [6.45, 7) is 0. The minimum absolute atomic E-state index is 0.176. The first kappa shape index (κ1) is 7.40. The molecule has 0 aliphatic carbocycles. The van der Waals surface area contributed by atoms with E-state index < -0.39 is 5.43 Å². The molecule has 0 radical (unpaired) electrons. The minimum atomic E-state index is -0.529. The zero-order valence-corrected chi connectivity index (χ0v) is 5.74. The first-order chi connectivity index (χ1) is 5.11. The van der Waals surface area contributed by atoms with Crippen molar-refractivity contribution in [1.29, 1.82) is 0 Å². The molecule has 4 heteroatoms. The summed E-state index contributed by atoms with van der Waals surface area (Å²) in [7, 11) is 0. The molecular weight excluding hydrogens is 144 g/mol. The van der Waals surface area contributed by atoms with Crippen LogP contribution in [0.1, 0.15) is 0 Å². The number of hydrogen-bond acceptors (Lipinski definition) is 4. The average molecular weight is 152 g/mol. The van der Waals surface area contributed by atoms with Gasteiger partial charge in [0.1, 0.15) is 0 Å². The first-order valence-electron chi connectivity index (χ1n) is 2.99. The van der Waals surface area contributed by atoms with Gasteiger partial charge in [-0.25, -0.2) is 0 Å². The normalized spacial score (nSPS) is 9.45. The highest BCUT2D eigenvalue weighted by atomic mass is 16.3. The summed E-state index contributed by atoms with van der Waals surface area (Å²) in [4.78, 5) is 10.8. The molecule has 4 nitrogen and oxygen atoms in total. The molecule has 0 saturated heterocycles. The molecule has 0 fully saturated rings. The number of anilines is 2. The zero-order chi connectivity index (χ0) is 8.43. The van der Waals surface area contributed by atoms with Crippen LogP contribution in [0.15, 0.2) is 23.0 Å². The van der Waals surface area contributed by atoms with Crippen molar-refractivity contribution in [2.45, 2.75) is 0 Å². The van der Waals surface area contributed by atoms with E-state index in [1.165, 1.54) is 12.1 Å². The summed E-state index contributed by atoms with van der Waals surface area (Å²) in [5.74, 6) is -0.353. The summed E-state index contributed by atoms with van der Waals surface area (Å²) in [6.07, 6.45) is 0. The van der Waals surface area contributed by atoms with E-state index in [9.17, 15) is 4.79 Å². The molecule has 58 valence electrons. The second-order valence-electron chi connectivity index (χ2n) is 2.14. The quantitative estimate of drug-likeness (QED) is 0.485. The van der Waals surface area contributed by atoms with Crippen LogP contribution >= 0.6 is 0 Å². The third kappa shape index (κ3) is 1.40. The molecule has 11 heavy (non-hydrogen) atoms. The van der Waals surface area contributed by atoms with E-state index in [2.05, 4.69) is 0 Å². The molecule has 5 N–H and O–H groups in total. The highest BCUT2D eigenvalue weighted by Gasteiger charge is 1.95. The lowest BCUT2D eigenvalue weighted by Crippen LogP contribution is -1.97. The van der Waals surface area contributed by atoms with Gasteiger partial charge in [-0.1, -0.05) is 0 Å². The second kappa shape index (κ2) is 2.49. The van der Waals surface area contributed by atoms with E-state index in [0.29, 0.717) is 0 Å². The largest absolute Gasteiger partial charge is 0.504 e. The maximum atomic E-state index is 10.8. The number of hydrogen-bond donors (Lipinski definition) is 3. The highest BCUT2D eigenvalue weighted by molar-refractivity contribution is 5.62. The smallest absolute Gasteiger partial charge is 0.222 e. The van der Waals surface area contributed by atoms with Crippen molar-refractivity contribution in [2.75, 3.05) is 11.5 Å². The summed E-state index contributed by atoms with van der Waals surface area (Å²) in [5.41, 5.74) is 10.6. The van der Waals surface area contributed by atoms with Gasteiger partial charge < -0.3 is 16.6 Å². The van der Waals surface area contributed by atoms with Gasteiger partial charge in [0.25, 0.3) is 0 Å². The summed E-state index contributed by atoms with van der Waals surface area (Å²) in [6, 6.07) is 3.69. The van der Waals surface area contributed by atoms with Crippen LogP contribution in [0.4, 0.5) is 11.4 Å². The van der Waals surface area contributed by atoms with Crippen molar-refractivity contribution >= 4 is 11.4 Å². The lowest BCUT2D eigenvalue weighted by Gasteiger charge is -1.88. The predicted octanol–water partition coefficient (Wildman–Crippen LogP) is -0.0832. The molecule has 1 aromatic carbocycles. The van der Waals surface area contributed by atoms with Crippen LogP contribution in [0.5, 0.6) is 5.75 Å². The van der Waals surface area contributed by atoms with Gasteiger partial charge in [0, 0.05) is 6.07 Å². The predicted molar refractivity (Wildman–Crippen MR) is 43.2 cm³/mol. The molecule has 1 aromatic rings. The fourth-order valence-electron chi connectivity index (χ4n) is 0.646. The summed E-state index contributed by atoms with van der Waals surface area (Å²) >= 11 is 0. The van der Waals surface area contributed by atoms with Gasteiger partial charge in [-0.15, -0.1) is 0 Å². The van der Waals surface area contributed by atoms with Crippen LogP contribution in [0.3, 0.4) is 0 Å². The molecule has 0 atom stereocenters. The van der Waals surface area contributed by atoms with Crippen LogP contribution in [-0.2, 0) is 0 Å². The van der Waals surface area contributed by atoms with E-state index >= 15 is 0 Å². The van der Waals surface area contributed by atoms with Crippen LogP contribution in [-0.4, -0.2) is 5.11 Å². The Morgan fingerprint density at radius 3 is 2.45 bits per heavy atom. The van der Waals surface area contributed by atoms with E-state index in [-0.39, 0.29) is 17.1 Å². The van der Waals surface area contributed by atoms with Gasteiger partial charge in [0.15, 0.2) is 5.75 Å². The van der Waals surface area contributed by atoms with Crippen LogP contribution in [0.2, 0.25) is 0 Å². The van der Waals surface area contributed by atoms with Crippen molar-refractivity contribution in [3.05, 3.63) is 28.4 Å². The molecule has 0 unspecified atom stereocenters. The Bertz CT molecular complexity index is 336. The number of rotatable bonds is 0. The third-order valence-corrected chi connectivity index (χ3v) is 1.29. The van der Waals surface area contributed by atoms with Crippen LogP contribution < -0.4 is 16.9 Å². The number of nitrogens with two attached hydrogens (primary N) is 2. The van der Waals surface area contributed by atoms with E-state index in [1.807, 2.05) is 0 Å². The van der Waals surface area contributed by atoms with Gasteiger partial charge in [-0.3, -0.25) is 4.79 Å². The summed E-state index contributed by atoms with van der Waals surface area (Å²) in [5, 5.41) is 8.90. The number of nitrogen functional groups attached to an aromatic ring is 2. The van der Waals surface area contributed by atoms with Gasteiger partial charge in [-0.05, 0) is 12.1 Å². The Morgan fingerprint density at radius 2 is 1.82 bits per heavy atom. The molecule has 0 bridgehead atoms. The molecule has 1 rings (SSSR count). The molecule has 0 aliphatic heterocycles. The lowest BCUT2D eigenvalue weighted by atomic mass is 10.4. The van der Waals surface area contributed by atoms with Crippen LogP contribution in [0, 0.1) is 0 Å². The van der Waals surface area contributed by atoms with Gasteiger partial charge in [0.05, 0.1) is 11.4 Å². The van der Waals surface area contributed by atoms with Gasteiger partial charge in [-0.2, -0.15) is 0 Å². The Labute approximate surface area is 63.1 Å². The molecule has 0 aliphatic rings. The fraction of sp³-hybridized carbons (Fsp3) is 0. The van der Waals surface area contributed by atoms with Gasteiger partial charge in [0.2, 0.25) is 5.43 Å². The lowest BCUT2D eigenvalue weighted by molar-refractivity contribution is 0.471. The summed E-state index contributed by atoms with van der Waals surface area (Å²) < 4.78 is 0. The van der Waals surface area contributed by atoms with E-state index in [0.717, 1.165) is 6.07 Å². The van der Waals surface area contributed by atoms with Crippen molar-refractivity contribution in [2.24, 2.45) is 0 Å².